The Kier molecular flexibility index (Phi) is 229. The predicted molar refractivity (Wildman–Crippen MR) is 58.8 cm³/mol. The molecule has 0 saturated heterocycles. The van der Waals surface area contributed by atoms with Crippen LogP contribution in [0.25, 0.3) is 0 Å². The molecule has 0 aliphatic carbocycles. The Morgan fingerprint density at radius 2 is 0.526 bits per heavy atom. The average molecular weight is 436 g/mol. The van der Waals surface area contributed by atoms with Crippen LogP contribution in [0.2, 0.25) is 0 Å². The summed E-state index contributed by atoms with van der Waals surface area (Å²) < 4.78 is 0. The molecule has 12 N–H and O–H groups in total. The molecule has 0 radical (unpaired) electrons. The minimum atomic E-state index is -1.83. The van der Waals surface area contributed by atoms with Crippen LogP contribution in [0.3, 0.4) is 0 Å². The molecule has 0 aromatic heterocycles. The van der Waals surface area contributed by atoms with Crippen molar-refractivity contribution in [1.82, 2.24) is 0 Å². The zero-order valence-electron chi connectivity index (χ0n) is 13.0. The fourth-order valence-electron chi connectivity index (χ4n) is 0. The monoisotopic (exact) mass is 436 g/mol. The first-order valence-corrected chi connectivity index (χ1v) is 1.95. The van der Waals surface area contributed by atoms with Crippen LogP contribution in [0.15, 0.2) is 0 Å². The van der Waals surface area contributed by atoms with Gasteiger partial charge in [0.1, 0.15) is 0 Å². The van der Waals surface area contributed by atoms with E-state index in [0.29, 0.717) is 0 Å². The Labute approximate surface area is 193 Å². The molecule has 0 aromatic rings. The van der Waals surface area contributed by atoms with Crippen LogP contribution >= 0.6 is 0 Å². The van der Waals surface area contributed by atoms with E-state index in [1.807, 2.05) is 0 Å². The van der Waals surface area contributed by atoms with Gasteiger partial charge in [-0.3, -0.25) is 0 Å². The zero-order chi connectivity index (χ0) is 10.7. The van der Waals surface area contributed by atoms with E-state index in [0.717, 1.165) is 0 Å². The molecule has 0 aliphatic rings. The predicted octanol–water partition coefficient (Wildman–Crippen LogP) is -2.12. The van der Waals surface area contributed by atoms with Crippen LogP contribution in [0.1, 0.15) is 5.71 Å². The van der Waals surface area contributed by atoms with E-state index >= 15 is 0 Å². The van der Waals surface area contributed by atoms with E-state index in [2.05, 4.69) is 0 Å². The zero-order valence-corrected chi connectivity index (χ0v) is 15.7. The molecule has 0 heterocycles. The van der Waals surface area contributed by atoms with Gasteiger partial charge in [-0.1, -0.05) is 0 Å². The number of hydrogen-bond donors (Lipinski definition) is 6. The summed E-state index contributed by atoms with van der Waals surface area (Å²) in [5.41, 5.74) is 0. The standard InChI is InChI=1S/3CH2O3.2Ca.2Fe.3H2O.4H/c3*2-1(3)4;;;;;;;;;;;/h3*(H2,2,3,4);;;;;3*1H2;;;;/q;;;2*+2;;;;;;4*-1. The molecule has 0 aromatic carbocycles. The second kappa shape index (κ2) is 61.0. The summed E-state index contributed by atoms with van der Waals surface area (Å²) in [5, 5.41) is 41.8. The summed E-state index contributed by atoms with van der Waals surface area (Å²) in [4.78, 5) is 25.7. The minimum Gasteiger partial charge on any atom is -1.00 e. The number of rotatable bonds is 0. The molecule has 0 amide bonds. The third-order valence-corrected chi connectivity index (χ3v) is 0. The van der Waals surface area contributed by atoms with Crippen molar-refractivity contribution in [2.24, 2.45) is 0 Å². The maximum atomic E-state index is 8.56. The van der Waals surface area contributed by atoms with Crippen molar-refractivity contribution >= 4 is 93.9 Å². The Bertz CT molecular complexity index is 142. The van der Waals surface area contributed by atoms with Crippen molar-refractivity contribution < 1.29 is 101 Å². The van der Waals surface area contributed by atoms with Gasteiger partial charge >= 0.3 is 93.9 Å². The summed E-state index contributed by atoms with van der Waals surface area (Å²) in [7, 11) is 0. The molecule has 0 aliphatic heterocycles. The van der Waals surface area contributed by atoms with E-state index in [-0.39, 0.29) is 132 Å². The fraction of sp³-hybridized carbons (Fsp3) is 0. The molecule has 120 valence electrons. The van der Waals surface area contributed by atoms with E-state index < -0.39 is 18.5 Å². The third kappa shape index (κ3) is 3670. The average Bonchev–Trinajstić information content (AvgIpc) is 1.54. The van der Waals surface area contributed by atoms with Crippen LogP contribution in [0.4, 0.5) is 14.4 Å². The fourth-order valence-corrected chi connectivity index (χ4v) is 0. The van der Waals surface area contributed by atoms with Crippen molar-refractivity contribution in [1.29, 1.82) is 0 Å². The second-order valence-corrected chi connectivity index (χ2v) is 0.848. The molecule has 0 unspecified atom stereocenters. The smallest absolute Gasteiger partial charge is 1.00 e. The van der Waals surface area contributed by atoms with Gasteiger partial charge in [-0.05, 0) is 0 Å². The number of carbonyl (C=O) groups is 3. The summed E-state index contributed by atoms with van der Waals surface area (Å²) in [5.74, 6) is 0. The van der Waals surface area contributed by atoms with Crippen molar-refractivity contribution in [2.45, 2.75) is 0 Å². The van der Waals surface area contributed by atoms with E-state index in [4.69, 9.17) is 45.0 Å². The molecular weight excluding hydrogens is 420 g/mol. The van der Waals surface area contributed by atoms with Gasteiger partial charge in [0.2, 0.25) is 0 Å². The molecule has 0 rings (SSSR count). The molecular formula is C3H16Ca2Fe2O12. The minimum absolute atomic E-state index is 0. The largest absolute Gasteiger partial charge is 2.00 e. The first-order chi connectivity index (χ1) is 5.20. The molecule has 12 nitrogen and oxygen atoms in total. The normalized spacial score (nSPS) is 3.79. The molecule has 0 spiro atoms. The van der Waals surface area contributed by atoms with Crippen LogP contribution in [0.5, 0.6) is 0 Å². The van der Waals surface area contributed by atoms with Crippen LogP contribution in [-0.4, -0.2) is 141 Å². The SMILES string of the molecule is O.O.O.O=C(O)O.O=C(O)O.O=C(O)O.[Ca+2].[Ca+2].[Fe].[Fe].[H-].[H-].[H-].[H-]. The maximum absolute atomic E-state index is 8.56. The second-order valence-electron chi connectivity index (χ2n) is 0.848. The molecule has 16 heteroatoms. The third-order valence-electron chi connectivity index (χ3n) is 0. The van der Waals surface area contributed by atoms with Gasteiger partial charge in [0.15, 0.2) is 0 Å². The van der Waals surface area contributed by atoms with Crippen molar-refractivity contribution in [3.63, 3.8) is 0 Å². The number of carboxylic acid groups (broad SMARTS) is 6. The quantitative estimate of drug-likeness (QED) is 0.226. The Morgan fingerprint density at radius 3 is 0.526 bits per heavy atom. The van der Waals surface area contributed by atoms with Gasteiger partial charge in [0, 0.05) is 34.1 Å². The van der Waals surface area contributed by atoms with Gasteiger partial charge in [-0.15, -0.1) is 0 Å². The molecule has 0 atom stereocenters. The molecule has 0 saturated carbocycles. The Balaban J connectivity index is -0.00000000355. The van der Waals surface area contributed by atoms with Gasteiger partial charge in [-0.2, -0.15) is 0 Å². The topological polar surface area (TPSA) is 267 Å². The van der Waals surface area contributed by atoms with E-state index in [1.54, 1.807) is 0 Å². The van der Waals surface area contributed by atoms with Crippen LogP contribution < -0.4 is 0 Å². The first kappa shape index (κ1) is 71.4. The van der Waals surface area contributed by atoms with Gasteiger partial charge < -0.3 is 52.8 Å². The van der Waals surface area contributed by atoms with E-state index in [1.165, 1.54) is 0 Å². The van der Waals surface area contributed by atoms with Gasteiger partial charge in [0.25, 0.3) is 0 Å². The molecule has 0 fully saturated rings. The summed E-state index contributed by atoms with van der Waals surface area (Å²) in [6.07, 6.45) is -5.50. The molecule has 19 heavy (non-hydrogen) atoms. The number of hydrogen-bond acceptors (Lipinski definition) is 3. The van der Waals surface area contributed by atoms with Crippen molar-refractivity contribution in [3.05, 3.63) is 0 Å². The van der Waals surface area contributed by atoms with E-state index in [9.17, 15) is 0 Å². The van der Waals surface area contributed by atoms with Gasteiger partial charge in [-0.25, -0.2) is 14.4 Å². The van der Waals surface area contributed by atoms with Crippen molar-refractivity contribution in [3.8, 4) is 0 Å². The Hall–Kier alpha value is 1.25. The first-order valence-electron chi connectivity index (χ1n) is 1.95. The summed E-state index contributed by atoms with van der Waals surface area (Å²) in [6.45, 7) is 0. The van der Waals surface area contributed by atoms with Crippen LogP contribution in [-0.2, 0) is 34.1 Å². The maximum Gasteiger partial charge on any atom is 2.00 e. The van der Waals surface area contributed by atoms with Gasteiger partial charge in [0.05, 0.1) is 0 Å². The molecule has 0 bridgehead atoms. The summed E-state index contributed by atoms with van der Waals surface area (Å²) >= 11 is 0. The Morgan fingerprint density at radius 1 is 0.526 bits per heavy atom. The van der Waals surface area contributed by atoms with Crippen molar-refractivity contribution in [2.75, 3.05) is 0 Å². The summed E-state index contributed by atoms with van der Waals surface area (Å²) in [6, 6.07) is 0. The van der Waals surface area contributed by atoms with Crippen LogP contribution in [0, 0.1) is 0 Å².